The number of hydrogen-bond acceptors (Lipinski definition) is 2. The summed E-state index contributed by atoms with van der Waals surface area (Å²) in [4.78, 5) is 7.91. The van der Waals surface area contributed by atoms with E-state index in [-0.39, 0.29) is 0 Å². The molecule has 0 amide bonds. The van der Waals surface area contributed by atoms with Gasteiger partial charge in [0.1, 0.15) is 5.82 Å². The van der Waals surface area contributed by atoms with E-state index in [0.29, 0.717) is 0 Å². The molecular formula is C19H15N3. The van der Waals surface area contributed by atoms with Gasteiger partial charge in [0.15, 0.2) is 0 Å². The van der Waals surface area contributed by atoms with Crippen molar-refractivity contribution in [3.63, 3.8) is 0 Å². The first-order valence-electron chi connectivity index (χ1n) is 7.25. The number of pyridine rings is 1. The molecule has 106 valence electrons. The maximum absolute atomic E-state index is 4.68. The molecule has 3 nitrogen and oxygen atoms in total. The summed E-state index contributed by atoms with van der Waals surface area (Å²) in [6.45, 7) is 0. The van der Waals surface area contributed by atoms with Gasteiger partial charge in [0.05, 0.1) is 5.69 Å². The first-order chi connectivity index (χ1) is 10.9. The molecule has 0 fully saturated rings. The Morgan fingerprint density at radius 1 is 0.818 bits per heavy atom. The summed E-state index contributed by atoms with van der Waals surface area (Å²) in [7, 11) is 0. The van der Waals surface area contributed by atoms with Crippen LogP contribution in [0.5, 0.6) is 0 Å². The fourth-order valence-electron chi connectivity index (χ4n) is 2.55. The van der Waals surface area contributed by atoms with Gasteiger partial charge in [-0.2, -0.15) is 0 Å². The largest absolute Gasteiger partial charge is 0.361 e. The highest BCUT2D eigenvalue weighted by Gasteiger charge is 2.02. The zero-order valence-corrected chi connectivity index (χ0v) is 12.0. The Balaban J connectivity index is 1.65. The molecule has 22 heavy (non-hydrogen) atoms. The zero-order chi connectivity index (χ0) is 14.8. The molecule has 2 heterocycles. The highest BCUT2D eigenvalue weighted by atomic mass is 15.0. The Bertz CT molecular complexity index is 910. The van der Waals surface area contributed by atoms with Crippen molar-refractivity contribution >= 4 is 22.4 Å². The lowest BCUT2D eigenvalue weighted by Crippen LogP contribution is -1.94. The molecule has 3 heteroatoms. The van der Waals surface area contributed by atoms with Crippen LogP contribution in [0.4, 0.5) is 11.5 Å². The summed E-state index contributed by atoms with van der Waals surface area (Å²) in [6, 6.07) is 24.5. The fourth-order valence-corrected chi connectivity index (χ4v) is 2.55. The molecule has 0 saturated heterocycles. The van der Waals surface area contributed by atoms with E-state index in [1.807, 2.05) is 42.6 Å². The van der Waals surface area contributed by atoms with E-state index in [2.05, 4.69) is 51.7 Å². The van der Waals surface area contributed by atoms with Crippen molar-refractivity contribution in [3.8, 4) is 11.3 Å². The number of fused-ring (bicyclic) bond motifs is 1. The smallest absolute Gasteiger partial charge is 0.131 e. The first kappa shape index (κ1) is 12.7. The topological polar surface area (TPSA) is 40.7 Å². The fraction of sp³-hybridized carbons (Fsp3) is 0. The molecule has 0 spiro atoms. The van der Waals surface area contributed by atoms with Crippen molar-refractivity contribution in [2.45, 2.75) is 0 Å². The van der Waals surface area contributed by atoms with Gasteiger partial charge in [-0.3, -0.25) is 0 Å². The second-order valence-electron chi connectivity index (χ2n) is 5.18. The molecule has 2 aromatic carbocycles. The number of rotatable bonds is 3. The molecule has 0 unspecified atom stereocenters. The van der Waals surface area contributed by atoms with Crippen LogP contribution in [0, 0.1) is 0 Å². The van der Waals surface area contributed by atoms with Crippen LogP contribution in [0.15, 0.2) is 79.0 Å². The second kappa shape index (κ2) is 5.37. The van der Waals surface area contributed by atoms with E-state index in [9.17, 15) is 0 Å². The third kappa shape index (κ3) is 2.44. The zero-order valence-electron chi connectivity index (χ0n) is 12.0. The van der Waals surface area contributed by atoms with Crippen LogP contribution in [-0.4, -0.2) is 9.97 Å². The van der Waals surface area contributed by atoms with Crippen molar-refractivity contribution in [1.29, 1.82) is 0 Å². The van der Waals surface area contributed by atoms with E-state index in [1.54, 1.807) is 0 Å². The van der Waals surface area contributed by atoms with Gasteiger partial charge in [-0.05, 0) is 35.7 Å². The third-order valence-corrected chi connectivity index (χ3v) is 3.65. The van der Waals surface area contributed by atoms with Crippen LogP contribution >= 0.6 is 0 Å². The van der Waals surface area contributed by atoms with Crippen LogP contribution in [0.2, 0.25) is 0 Å². The molecule has 0 aliphatic heterocycles. The predicted molar refractivity (Wildman–Crippen MR) is 91.3 cm³/mol. The van der Waals surface area contributed by atoms with Gasteiger partial charge < -0.3 is 10.3 Å². The van der Waals surface area contributed by atoms with Crippen molar-refractivity contribution in [1.82, 2.24) is 9.97 Å². The molecule has 2 aromatic heterocycles. The Morgan fingerprint density at radius 2 is 1.73 bits per heavy atom. The van der Waals surface area contributed by atoms with Crippen molar-refractivity contribution in [2.24, 2.45) is 0 Å². The molecule has 0 aliphatic carbocycles. The van der Waals surface area contributed by atoms with Gasteiger partial charge in [0.25, 0.3) is 0 Å². The van der Waals surface area contributed by atoms with E-state index < -0.39 is 0 Å². The minimum absolute atomic E-state index is 0.840. The number of nitrogens with one attached hydrogen (secondary N) is 2. The Labute approximate surface area is 128 Å². The third-order valence-electron chi connectivity index (χ3n) is 3.65. The van der Waals surface area contributed by atoms with Gasteiger partial charge in [-0.15, -0.1) is 0 Å². The summed E-state index contributed by atoms with van der Waals surface area (Å²) >= 11 is 0. The van der Waals surface area contributed by atoms with Crippen LogP contribution < -0.4 is 5.32 Å². The number of hydrogen-bond donors (Lipinski definition) is 2. The van der Waals surface area contributed by atoms with Gasteiger partial charge in [0, 0.05) is 23.0 Å². The number of aromatic amines is 1. The van der Waals surface area contributed by atoms with Crippen LogP contribution in [-0.2, 0) is 0 Å². The molecule has 4 rings (SSSR count). The Kier molecular flexibility index (Phi) is 3.09. The normalized spacial score (nSPS) is 10.7. The van der Waals surface area contributed by atoms with E-state index in [4.69, 9.17) is 0 Å². The Hall–Kier alpha value is -3.07. The quantitative estimate of drug-likeness (QED) is 0.557. The van der Waals surface area contributed by atoms with E-state index >= 15 is 0 Å². The lowest BCUT2D eigenvalue weighted by atomic mass is 10.1. The minimum atomic E-state index is 0.840. The highest BCUT2D eigenvalue weighted by Crippen LogP contribution is 2.23. The Morgan fingerprint density at radius 3 is 2.64 bits per heavy atom. The number of benzene rings is 2. The standard InChI is InChI=1S/C19H15N3/c1-2-5-14(6-3-1)17-7-4-8-19(22-17)21-16-10-9-15-11-12-20-18(15)13-16/h1-13,20H,(H,21,22). The maximum Gasteiger partial charge on any atom is 0.131 e. The van der Waals surface area contributed by atoms with Gasteiger partial charge in [0.2, 0.25) is 0 Å². The summed E-state index contributed by atoms with van der Waals surface area (Å²) in [6.07, 6.45) is 1.95. The van der Waals surface area contributed by atoms with Crippen LogP contribution in [0.25, 0.3) is 22.2 Å². The highest BCUT2D eigenvalue weighted by molar-refractivity contribution is 5.83. The summed E-state index contributed by atoms with van der Waals surface area (Å²) in [5.41, 5.74) is 4.22. The predicted octanol–water partition coefficient (Wildman–Crippen LogP) is 4.97. The lowest BCUT2D eigenvalue weighted by molar-refractivity contribution is 1.31. The van der Waals surface area contributed by atoms with Crippen molar-refractivity contribution < 1.29 is 0 Å². The van der Waals surface area contributed by atoms with Crippen molar-refractivity contribution in [2.75, 3.05) is 5.32 Å². The van der Waals surface area contributed by atoms with Crippen molar-refractivity contribution in [3.05, 3.63) is 79.0 Å². The SMILES string of the molecule is c1ccc(-c2cccc(Nc3ccc4cc[nH]c4c3)n2)cc1. The van der Waals surface area contributed by atoms with Gasteiger partial charge in [-0.1, -0.05) is 42.5 Å². The summed E-state index contributed by atoms with van der Waals surface area (Å²) < 4.78 is 0. The average molecular weight is 285 g/mol. The molecule has 0 saturated carbocycles. The van der Waals surface area contributed by atoms with Gasteiger partial charge >= 0.3 is 0 Å². The molecule has 0 aliphatic rings. The first-order valence-corrected chi connectivity index (χ1v) is 7.25. The maximum atomic E-state index is 4.68. The van der Waals surface area contributed by atoms with Crippen LogP contribution in [0.3, 0.4) is 0 Å². The van der Waals surface area contributed by atoms with Gasteiger partial charge in [-0.25, -0.2) is 4.98 Å². The molecule has 0 radical (unpaired) electrons. The molecule has 0 bridgehead atoms. The number of H-pyrrole nitrogens is 1. The van der Waals surface area contributed by atoms with E-state index in [1.165, 1.54) is 5.39 Å². The monoisotopic (exact) mass is 285 g/mol. The lowest BCUT2D eigenvalue weighted by Gasteiger charge is -2.08. The number of nitrogens with zero attached hydrogens (tertiary/aromatic N) is 1. The number of aromatic nitrogens is 2. The molecule has 2 N–H and O–H groups in total. The van der Waals surface area contributed by atoms with Crippen LogP contribution in [0.1, 0.15) is 0 Å². The average Bonchev–Trinajstić information content (AvgIpc) is 3.04. The minimum Gasteiger partial charge on any atom is -0.361 e. The summed E-state index contributed by atoms with van der Waals surface area (Å²) in [5, 5.41) is 4.57. The molecule has 0 atom stereocenters. The second-order valence-corrected chi connectivity index (χ2v) is 5.18. The number of anilines is 2. The molecule has 4 aromatic rings. The van der Waals surface area contributed by atoms with E-state index in [0.717, 1.165) is 28.3 Å². The molecular weight excluding hydrogens is 270 g/mol. The summed E-state index contributed by atoms with van der Waals surface area (Å²) in [5.74, 6) is 0.840.